The van der Waals surface area contributed by atoms with Gasteiger partial charge in [-0.2, -0.15) is 0 Å². The maximum absolute atomic E-state index is 12.2. The van der Waals surface area contributed by atoms with Gasteiger partial charge in [0.15, 0.2) is 12.4 Å². The fourth-order valence-corrected chi connectivity index (χ4v) is 2.73. The highest BCUT2D eigenvalue weighted by Crippen LogP contribution is 2.37. The van der Waals surface area contributed by atoms with Crippen LogP contribution in [0, 0.1) is 0 Å². The zero-order chi connectivity index (χ0) is 22.1. The molecule has 1 heterocycles. The molecule has 2 aromatic rings. The van der Waals surface area contributed by atoms with E-state index >= 15 is 0 Å². The molecule has 7 nitrogen and oxygen atoms in total. The van der Waals surface area contributed by atoms with Crippen LogP contribution in [0.15, 0.2) is 50.7 Å². The van der Waals surface area contributed by atoms with Gasteiger partial charge in [-0.1, -0.05) is 23.3 Å². The number of benzene rings is 1. The van der Waals surface area contributed by atoms with Gasteiger partial charge >= 0.3 is 11.6 Å². The molecule has 0 aliphatic heterocycles. The summed E-state index contributed by atoms with van der Waals surface area (Å²) in [6, 6.07) is 4.66. The maximum atomic E-state index is 12.2. The standard InChI is InChI=1S/C23H28O7/c1-5-27-19(24)14-29-17-10-7-11-18-20(17)21(25)22(23(26)30-18)28-13-12-16(4)9-6-8-15(2)3/h7-8,10-12,25H,5-6,9,13-14H2,1-4H3/b16-12+. The third kappa shape index (κ3) is 6.40. The van der Waals surface area contributed by atoms with Crippen LogP contribution in [-0.2, 0) is 9.53 Å². The smallest absolute Gasteiger partial charge is 0.383 e. The molecule has 0 saturated heterocycles. The highest BCUT2D eigenvalue weighted by Gasteiger charge is 2.19. The molecule has 1 N–H and O–H groups in total. The van der Waals surface area contributed by atoms with E-state index in [2.05, 4.69) is 19.9 Å². The van der Waals surface area contributed by atoms with Crippen LogP contribution in [0.3, 0.4) is 0 Å². The normalized spacial score (nSPS) is 11.3. The average Bonchev–Trinajstić information content (AvgIpc) is 2.68. The number of rotatable bonds is 10. The van der Waals surface area contributed by atoms with E-state index in [1.54, 1.807) is 19.1 Å². The van der Waals surface area contributed by atoms with Crippen LogP contribution in [0.1, 0.15) is 40.5 Å². The van der Waals surface area contributed by atoms with Crippen LogP contribution < -0.4 is 15.1 Å². The first-order valence-corrected chi connectivity index (χ1v) is 9.82. The summed E-state index contributed by atoms with van der Waals surface area (Å²) in [5, 5.41) is 10.8. The summed E-state index contributed by atoms with van der Waals surface area (Å²) >= 11 is 0. The lowest BCUT2D eigenvalue weighted by Gasteiger charge is -2.11. The quantitative estimate of drug-likeness (QED) is 0.346. The minimum Gasteiger partial charge on any atom is -0.503 e. The van der Waals surface area contributed by atoms with E-state index < -0.39 is 17.3 Å². The highest BCUT2D eigenvalue weighted by atomic mass is 16.6. The minimum atomic E-state index is -0.793. The lowest BCUT2D eigenvalue weighted by Crippen LogP contribution is -2.15. The zero-order valence-electron chi connectivity index (χ0n) is 17.8. The van der Waals surface area contributed by atoms with Crippen molar-refractivity contribution in [3.8, 4) is 17.2 Å². The molecule has 0 radical (unpaired) electrons. The second-order valence-corrected chi connectivity index (χ2v) is 6.97. The van der Waals surface area contributed by atoms with Gasteiger partial charge in [-0.15, -0.1) is 0 Å². The molecule has 0 aliphatic carbocycles. The van der Waals surface area contributed by atoms with Crippen LogP contribution >= 0.6 is 0 Å². The molecule has 0 saturated carbocycles. The Labute approximate surface area is 175 Å². The topological polar surface area (TPSA) is 95.2 Å². The van der Waals surface area contributed by atoms with E-state index in [1.807, 2.05) is 13.0 Å². The highest BCUT2D eigenvalue weighted by molar-refractivity contribution is 5.91. The van der Waals surface area contributed by atoms with Crippen molar-refractivity contribution in [1.29, 1.82) is 0 Å². The summed E-state index contributed by atoms with van der Waals surface area (Å²) in [4.78, 5) is 23.8. The molecule has 1 aromatic heterocycles. The number of hydrogen-bond acceptors (Lipinski definition) is 7. The molecule has 0 spiro atoms. The van der Waals surface area contributed by atoms with Gasteiger partial charge in [0.05, 0.1) is 6.61 Å². The number of fused-ring (bicyclic) bond motifs is 1. The molecule has 2 rings (SSSR count). The van der Waals surface area contributed by atoms with Crippen molar-refractivity contribution in [3.63, 3.8) is 0 Å². The van der Waals surface area contributed by atoms with Gasteiger partial charge in [-0.3, -0.25) is 0 Å². The maximum Gasteiger partial charge on any atom is 0.383 e. The lowest BCUT2D eigenvalue weighted by atomic mass is 10.1. The summed E-state index contributed by atoms with van der Waals surface area (Å²) in [5.41, 5.74) is 1.70. The fourth-order valence-electron chi connectivity index (χ4n) is 2.73. The molecule has 1 aromatic carbocycles. The molecule has 0 aliphatic rings. The van der Waals surface area contributed by atoms with E-state index in [0.717, 1.165) is 18.4 Å². The Hall–Kier alpha value is -3.22. The Bertz CT molecular complexity index is 995. The Morgan fingerprint density at radius 2 is 1.93 bits per heavy atom. The molecule has 30 heavy (non-hydrogen) atoms. The van der Waals surface area contributed by atoms with Crippen LogP contribution in [0.4, 0.5) is 0 Å². The predicted molar refractivity (Wildman–Crippen MR) is 114 cm³/mol. The van der Waals surface area contributed by atoms with E-state index in [4.69, 9.17) is 18.6 Å². The summed E-state index contributed by atoms with van der Waals surface area (Å²) in [6.45, 7) is 7.77. The lowest BCUT2D eigenvalue weighted by molar-refractivity contribution is -0.145. The van der Waals surface area contributed by atoms with Crippen LogP contribution in [-0.4, -0.2) is 30.9 Å². The fraction of sp³-hybridized carbons (Fsp3) is 0.391. The van der Waals surface area contributed by atoms with Gasteiger partial charge in [0, 0.05) is 0 Å². The zero-order valence-corrected chi connectivity index (χ0v) is 17.8. The number of ether oxygens (including phenoxy) is 3. The average molecular weight is 416 g/mol. The van der Waals surface area contributed by atoms with Crippen molar-refractivity contribution in [2.24, 2.45) is 0 Å². The number of allylic oxidation sites excluding steroid dienone is 3. The number of hydrogen-bond donors (Lipinski definition) is 1. The van der Waals surface area contributed by atoms with E-state index in [1.165, 1.54) is 11.6 Å². The van der Waals surface area contributed by atoms with Gasteiger partial charge in [-0.05, 0) is 58.7 Å². The first-order chi connectivity index (χ1) is 14.3. The first kappa shape index (κ1) is 23.1. The Balaban J connectivity index is 2.20. The van der Waals surface area contributed by atoms with Crippen LogP contribution in [0.5, 0.6) is 17.2 Å². The van der Waals surface area contributed by atoms with Crippen LogP contribution in [0.2, 0.25) is 0 Å². The molecular weight excluding hydrogens is 388 g/mol. The van der Waals surface area contributed by atoms with Gasteiger partial charge in [0.1, 0.15) is 23.3 Å². The Morgan fingerprint density at radius 1 is 1.17 bits per heavy atom. The van der Waals surface area contributed by atoms with Crippen molar-refractivity contribution >= 4 is 16.9 Å². The second kappa shape index (κ2) is 11.1. The Kier molecular flexibility index (Phi) is 8.53. The molecule has 7 heteroatoms. The van der Waals surface area contributed by atoms with Gasteiger partial charge in [-0.25, -0.2) is 9.59 Å². The van der Waals surface area contributed by atoms with Gasteiger partial charge in [0.25, 0.3) is 0 Å². The number of esters is 1. The minimum absolute atomic E-state index is 0.107. The molecule has 0 unspecified atom stereocenters. The second-order valence-electron chi connectivity index (χ2n) is 6.97. The third-order valence-electron chi connectivity index (χ3n) is 4.23. The predicted octanol–water partition coefficient (Wildman–Crippen LogP) is 4.51. The van der Waals surface area contributed by atoms with Crippen LogP contribution in [0.25, 0.3) is 11.0 Å². The van der Waals surface area contributed by atoms with Crippen molar-refractivity contribution in [3.05, 3.63) is 51.9 Å². The summed E-state index contributed by atoms with van der Waals surface area (Å²) in [6.07, 6.45) is 5.80. The number of carbonyl (C=O) groups excluding carboxylic acids is 1. The SMILES string of the molecule is CCOC(=O)COc1cccc2oc(=O)c(OC/C=C(\C)CCC=C(C)C)c(O)c12. The van der Waals surface area contributed by atoms with E-state index in [9.17, 15) is 14.7 Å². The van der Waals surface area contributed by atoms with Crippen molar-refractivity contribution in [1.82, 2.24) is 0 Å². The molecule has 162 valence electrons. The number of carbonyl (C=O) groups is 1. The summed E-state index contributed by atoms with van der Waals surface area (Å²) in [7, 11) is 0. The van der Waals surface area contributed by atoms with Gasteiger partial charge < -0.3 is 23.7 Å². The molecule has 0 bridgehead atoms. The Morgan fingerprint density at radius 3 is 2.63 bits per heavy atom. The molecule has 0 fully saturated rings. The monoisotopic (exact) mass is 416 g/mol. The molecule has 0 amide bonds. The third-order valence-corrected chi connectivity index (χ3v) is 4.23. The van der Waals surface area contributed by atoms with Crippen molar-refractivity contribution < 1.29 is 28.5 Å². The van der Waals surface area contributed by atoms with Crippen molar-refractivity contribution in [2.45, 2.75) is 40.5 Å². The van der Waals surface area contributed by atoms with E-state index in [-0.39, 0.29) is 42.3 Å². The number of aromatic hydroxyl groups is 1. The van der Waals surface area contributed by atoms with Crippen molar-refractivity contribution in [2.75, 3.05) is 19.8 Å². The largest absolute Gasteiger partial charge is 0.503 e. The summed E-state index contributed by atoms with van der Waals surface area (Å²) < 4.78 is 21.0. The summed E-state index contributed by atoms with van der Waals surface area (Å²) in [5.74, 6) is -1.06. The van der Waals surface area contributed by atoms with E-state index in [0.29, 0.717) is 0 Å². The first-order valence-electron chi connectivity index (χ1n) is 9.82. The van der Waals surface area contributed by atoms with Gasteiger partial charge in [0.2, 0.25) is 5.75 Å². The molecule has 0 atom stereocenters. The molecular formula is C23H28O7.